The Morgan fingerprint density at radius 3 is 1.25 bits per heavy atom. The van der Waals surface area contributed by atoms with E-state index in [9.17, 15) is 5.11 Å². The molecule has 1 N–H and O–H groups in total. The summed E-state index contributed by atoms with van der Waals surface area (Å²) in [6, 6.07) is 0.837. The molecule has 1 atom stereocenters. The minimum Gasteiger partial charge on any atom is -0.378 e. The Hall–Kier alpha value is -0.0800. The van der Waals surface area contributed by atoms with Gasteiger partial charge in [0.05, 0.1) is 0 Å². The average Bonchev–Trinajstić information content (AvgIpc) is 2.51. The zero-order valence-corrected chi connectivity index (χ0v) is 17.5. The molecule has 0 aromatic rings. The van der Waals surface area contributed by atoms with Gasteiger partial charge in [-0.3, -0.25) is 4.90 Å². The summed E-state index contributed by atoms with van der Waals surface area (Å²) in [4.78, 5) is 2.22. The molecular weight excluding hydrogens is 294 g/mol. The normalized spacial score (nSPS) is 13.4. The second kappa shape index (κ2) is 16.4. The fourth-order valence-electron chi connectivity index (χ4n) is 3.78. The number of hydrogen-bond donors (Lipinski definition) is 1. The SMILES string of the molecule is CCCCCCCCCCCCCCCC(O)N(C(C)C)C(C)C. The topological polar surface area (TPSA) is 23.5 Å². The first-order valence-electron chi connectivity index (χ1n) is 11.0. The van der Waals surface area contributed by atoms with Crippen molar-refractivity contribution in [3.8, 4) is 0 Å². The minimum absolute atomic E-state index is 0.266. The highest BCUT2D eigenvalue weighted by Crippen LogP contribution is 2.16. The highest BCUT2D eigenvalue weighted by molar-refractivity contribution is 4.70. The van der Waals surface area contributed by atoms with Crippen LogP contribution in [-0.4, -0.2) is 28.3 Å². The Labute approximate surface area is 153 Å². The molecule has 0 bridgehead atoms. The summed E-state index contributed by atoms with van der Waals surface area (Å²) in [6.07, 6.45) is 18.6. The Kier molecular flexibility index (Phi) is 16.3. The molecule has 0 aromatic carbocycles. The number of nitrogens with zero attached hydrogens (tertiary/aromatic N) is 1. The van der Waals surface area contributed by atoms with Crippen molar-refractivity contribution >= 4 is 0 Å². The lowest BCUT2D eigenvalue weighted by Gasteiger charge is -2.35. The molecule has 0 amide bonds. The fourth-order valence-corrected chi connectivity index (χ4v) is 3.78. The maximum atomic E-state index is 10.4. The number of hydrogen-bond acceptors (Lipinski definition) is 2. The van der Waals surface area contributed by atoms with Crippen molar-refractivity contribution in [2.75, 3.05) is 0 Å². The Balaban J connectivity index is 3.38. The molecule has 1 unspecified atom stereocenters. The molecule has 2 nitrogen and oxygen atoms in total. The van der Waals surface area contributed by atoms with Crippen LogP contribution >= 0.6 is 0 Å². The van der Waals surface area contributed by atoms with Crippen LogP contribution in [0.4, 0.5) is 0 Å². The van der Waals surface area contributed by atoms with Crippen LogP contribution in [0.15, 0.2) is 0 Å². The maximum absolute atomic E-state index is 10.4. The number of aliphatic hydroxyl groups is 1. The van der Waals surface area contributed by atoms with E-state index >= 15 is 0 Å². The molecule has 0 aromatic heterocycles. The quantitative estimate of drug-likeness (QED) is 0.229. The third-order valence-electron chi connectivity index (χ3n) is 5.10. The van der Waals surface area contributed by atoms with E-state index in [2.05, 4.69) is 39.5 Å². The van der Waals surface area contributed by atoms with Crippen molar-refractivity contribution in [3.05, 3.63) is 0 Å². The Morgan fingerprint density at radius 2 is 0.917 bits per heavy atom. The fraction of sp³-hybridized carbons (Fsp3) is 1.00. The number of rotatable bonds is 17. The third-order valence-corrected chi connectivity index (χ3v) is 5.10. The van der Waals surface area contributed by atoms with E-state index in [1.165, 1.54) is 77.0 Å². The molecule has 24 heavy (non-hydrogen) atoms. The molecule has 0 saturated heterocycles. The van der Waals surface area contributed by atoms with Gasteiger partial charge in [0.25, 0.3) is 0 Å². The molecule has 0 aliphatic carbocycles. The van der Waals surface area contributed by atoms with Gasteiger partial charge < -0.3 is 5.11 Å². The van der Waals surface area contributed by atoms with E-state index in [0.717, 1.165) is 12.8 Å². The third kappa shape index (κ3) is 13.2. The van der Waals surface area contributed by atoms with Gasteiger partial charge in [0.15, 0.2) is 0 Å². The van der Waals surface area contributed by atoms with E-state index in [4.69, 9.17) is 0 Å². The summed E-state index contributed by atoms with van der Waals surface area (Å²) < 4.78 is 0. The molecular formula is C22H47NO. The second-order valence-corrected chi connectivity index (χ2v) is 8.15. The largest absolute Gasteiger partial charge is 0.378 e. The first-order chi connectivity index (χ1) is 11.5. The lowest BCUT2D eigenvalue weighted by atomic mass is 10.0. The van der Waals surface area contributed by atoms with Gasteiger partial charge in [-0.05, 0) is 40.5 Å². The van der Waals surface area contributed by atoms with Gasteiger partial charge >= 0.3 is 0 Å². The first-order valence-corrected chi connectivity index (χ1v) is 11.0. The van der Waals surface area contributed by atoms with Crippen LogP contribution in [-0.2, 0) is 0 Å². The monoisotopic (exact) mass is 341 g/mol. The van der Waals surface area contributed by atoms with Crippen LogP contribution in [0.2, 0.25) is 0 Å². The standard InChI is InChI=1S/C22H47NO/c1-6-7-8-9-10-11-12-13-14-15-16-17-18-19-22(24)23(20(2)3)21(4)5/h20-22,24H,6-19H2,1-5H3. The predicted molar refractivity (Wildman–Crippen MR) is 108 cm³/mol. The average molecular weight is 342 g/mol. The van der Waals surface area contributed by atoms with Gasteiger partial charge in [0.1, 0.15) is 6.23 Å². The second-order valence-electron chi connectivity index (χ2n) is 8.15. The summed E-state index contributed by atoms with van der Waals surface area (Å²) in [5.74, 6) is 0. The number of aliphatic hydroxyl groups excluding tert-OH is 1. The molecule has 2 heteroatoms. The van der Waals surface area contributed by atoms with Crippen molar-refractivity contribution in [2.24, 2.45) is 0 Å². The van der Waals surface area contributed by atoms with E-state index in [1.54, 1.807) is 0 Å². The van der Waals surface area contributed by atoms with Crippen LogP contribution < -0.4 is 0 Å². The van der Waals surface area contributed by atoms with Crippen molar-refractivity contribution in [2.45, 2.75) is 143 Å². The molecule has 0 aliphatic heterocycles. The minimum atomic E-state index is -0.266. The van der Waals surface area contributed by atoms with Crippen molar-refractivity contribution in [1.82, 2.24) is 4.90 Å². The zero-order valence-electron chi connectivity index (χ0n) is 17.5. The van der Waals surface area contributed by atoms with Crippen LogP contribution in [0, 0.1) is 0 Å². The van der Waals surface area contributed by atoms with E-state index in [0.29, 0.717) is 12.1 Å². The van der Waals surface area contributed by atoms with Crippen molar-refractivity contribution < 1.29 is 5.11 Å². The van der Waals surface area contributed by atoms with Gasteiger partial charge in [-0.25, -0.2) is 0 Å². The van der Waals surface area contributed by atoms with Crippen LogP contribution in [0.5, 0.6) is 0 Å². The van der Waals surface area contributed by atoms with E-state index in [1.807, 2.05) is 0 Å². The highest BCUT2D eigenvalue weighted by atomic mass is 16.3. The molecule has 0 spiro atoms. The molecule has 0 fully saturated rings. The van der Waals surface area contributed by atoms with Gasteiger partial charge in [0, 0.05) is 12.1 Å². The lowest BCUT2D eigenvalue weighted by Crippen LogP contribution is -2.44. The summed E-state index contributed by atoms with van der Waals surface area (Å²) in [5, 5.41) is 10.4. The van der Waals surface area contributed by atoms with Crippen LogP contribution in [0.1, 0.15) is 125 Å². The molecule has 0 radical (unpaired) electrons. The van der Waals surface area contributed by atoms with Crippen LogP contribution in [0.3, 0.4) is 0 Å². The van der Waals surface area contributed by atoms with Crippen molar-refractivity contribution in [3.63, 3.8) is 0 Å². The summed E-state index contributed by atoms with van der Waals surface area (Å²) >= 11 is 0. The van der Waals surface area contributed by atoms with Gasteiger partial charge in [0.2, 0.25) is 0 Å². The van der Waals surface area contributed by atoms with Gasteiger partial charge in [-0.15, -0.1) is 0 Å². The molecule has 146 valence electrons. The van der Waals surface area contributed by atoms with Gasteiger partial charge in [-0.1, -0.05) is 84.0 Å². The predicted octanol–water partition coefficient (Wildman–Crippen LogP) is 6.90. The van der Waals surface area contributed by atoms with E-state index in [-0.39, 0.29) is 6.23 Å². The Morgan fingerprint density at radius 1 is 0.583 bits per heavy atom. The number of unbranched alkanes of at least 4 members (excludes halogenated alkanes) is 12. The summed E-state index contributed by atoms with van der Waals surface area (Å²) in [7, 11) is 0. The highest BCUT2D eigenvalue weighted by Gasteiger charge is 2.20. The maximum Gasteiger partial charge on any atom is 0.107 e. The molecule has 0 rings (SSSR count). The summed E-state index contributed by atoms with van der Waals surface area (Å²) in [5.41, 5.74) is 0. The molecule has 0 aliphatic rings. The summed E-state index contributed by atoms with van der Waals surface area (Å²) in [6.45, 7) is 11.0. The molecule has 0 saturated carbocycles. The van der Waals surface area contributed by atoms with Gasteiger partial charge in [-0.2, -0.15) is 0 Å². The van der Waals surface area contributed by atoms with Crippen LogP contribution in [0.25, 0.3) is 0 Å². The Bertz CT molecular complexity index is 244. The molecule has 0 heterocycles. The smallest absolute Gasteiger partial charge is 0.107 e. The van der Waals surface area contributed by atoms with Crippen molar-refractivity contribution in [1.29, 1.82) is 0 Å². The first kappa shape index (κ1) is 23.9. The lowest BCUT2D eigenvalue weighted by molar-refractivity contribution is -0.0429. The zero-order chi connectivity index (χ0) is 18.2. The van der Waals surface area contributed by atoms with E-state index < -0.39 is 0 Å².